The lowest BCUT2D eigenvalue weighted by Gasteiger charge is -2.14. The van der Waals surface area contributed by atoms with Crippen molar-refractivity contribution in [2.45, 2.75) is 6.42 Å². The van der Waals surface area contributed by atoms with Gasteiger partial charge < -0.3 is 10.5 Å². The number of aliphatic imine (C=N–C) groups is 1. The van der Waals surface area contributed by atoms with Crippen molar-refractivity contribution >= 4 is 6.21 Å². The van der Waals surface area contributed by atoms with Crippen LogP contribution >= 0.6 is 0 Å². The maximum Gasteiger partial charge on any atom is 0.0748 e. The van der Waals surface area contributed by atoms with E-state index in [2.05, 4.69) is 4.99 Å². The van der Waals surface area contributed by atoms with E-state index in [0.29, 0.717) is 6.61 Å². The summed E-state index contributed by atoms with van der Waals surface area (Å²) >= 11 is 0. The molecule has 0 radical (unpaired) electrons. The Hall–Kier alpha value is -0.830. The van der Waals surface area contributed by atoms with Gasteiger partial charge in [0.25, 0.3) is 0 Å². The van der Waals surface area contributed by atoms with E-state index in [4.69, 9.17) is 10.5 Å². The van der Waals surface area contributed by atoms with Crippen molar-refractivity contribution in [1.82, 2.24) is 0 Å². The summed E-state index contributed by atoms with van der Waals surface area (Å²) in [6.45, 7) is 1.36. The van der Waals surface area contributed by atoms with Crippen LogP contribution in [0.3, 0.4) is 0 Å². The molecule has 0 saturated carbocycles. The molecule has 1 rings (SSSR count). The molecule has 3 heteroatoms. The summed E-state index contributed by atoms with van der Waals surface area (Å²) in [6, 6.07) is 0. The van der Waals surface area contributed by atoms with Crippen LogP contribution < -0.4 is 5.73 Å². The highest BCUT2D eigenvalue weighted by atomic mass is 16.5. The fourth-order valence-corrected chi connectivity index (χ4v) is 0.894. The number of ether oxygens (including phenoxy) is 1. The van der Waals surface area contributed by atoms with Gasteiger partial charge in [0.15, 0.2) is 0 Å². The van der Waals surface area contributed by atoms with Gasteiger partial charge in [0.05, 0.1) is 13.2 Å². The highest BCUT2D eigenvalue weighted by molar-refractivity contribution is 5.79. The fraction of sp³-hybridized carbons (Fsp3) is 0.571. The van der Waals surface area contributed by atoms with Gasteiger partial charge in [0.2, 0.25) is 0 Å². The Morgan fingerprint density at radius 1 is 1.70 bits per heavy atom. The number of hydrogen-bond acceptors (Lipinski definition) is 3. The third kappa shape index (κ3) is 1.57. The van der Waals surface area contributed by atoms with Gasteiger partial charge in [-0.25, -0.2) is 0 Å². The summed E-state index contributed by atoms with van der Waals surface area (Å²) in [6.07, 6.45) is 2.59. The lowest BCUT2D eigenvalue weighted by atomic mass is 10.1. The van der Waals surface area contributed by atoms with Crippen LogP contribution in [-0.2, 0) is 4.74 Å². The van der Waals surface area contributed by atoms with Gasteiger partial charge in [-0.3, -0.25) is 4.99 Å². The summed E-state index contributed by atoms with van der Waals surface area (Å²) < 4.78 is 5.18. The molecular weight excluding hydrogens is 128 g/mol. The predicted molar refractivity (Wildman–Crippen MR) is 41.1 cm³/mol. The summed E-state index contributed by atoms with van der Waals surface area (Å²) in [7, 11) is 1.73. The van der Waals surface area contributed by atoms with Crippen LogP contribution in [-0.4, -0.2) is 26.5 Å². The molecule has 0 aliphatic carbocycles. The summed E-state index contributed by atoms with van der Waals surface area (Å²) in [5.41, 5.74) is 7.61. The highest BCUT2D eigenvalue weighted by Gasteiger charge is 2.06. The summed E-state index contributed by atoms with van der Waals surface area (Å²) in [5, 5.41) is 0. The average Bonchev–Trinajstić information content (AvgIpc) is 1.94. The van der Waals surface area contributed by atoms with Gasteiger partial charge in [-0.15, -0.1) is 0 Å². The molecule has 0 aromatic rings. The molecule has 10 heavy (non-hydrogen) atoms. The molecule has 1 aliphatic rings. The summed E-state index contributed by atoms with van der Waals surface area (Å²) in [4.78, 5) is 3.87. The molecule has 0 unspecified atom stereocenters. The Morgan fingerprint density at radius 3 is 3.10 bits per heavy atom. The monoisotopic (exact) mass is 140 g/mol. The van der Waals surface area contributed by atoms with E-state index in [9.17, 15) is 0 Å². The van der Waals surface area contributed by atoms with Crippen molar-refractivity contribution in [3.05, 3.63) is 11.3 Å². The number of hydrogen-bond donors (Lipinski definition) is 1. The Labute approximate surface area is 60.6 Å². The zero-order chi connectivity index (χ0) is 7.40. The van der Waals surface area contributed by atoms with Crippen LogP contribution in [0.4, 0.5) is 0 Å². The molecule has 1 heterocycles. The van der Waals surface area contributed by atoms with Gasteiger partial charge in [0.1, 0.15) is 0 Å². The van der Waals surface area contributed by atoms with Crippen LogP contribution in [0, 0.1) is 0 Å². The van der Waals surface area contributed by atoms with E-state index in [-0.39, 0.29) is 0 Å². The second-order valence-electron chi connectivity index (χ2n) is 2.24. The van der Waals surface area contributed by atoms with Crippen LogP contribution in [0.25, 0.3) is 0 Å². The number of rotatable bonds is 1. The minimum atomic E-state index is 0.614. The molecular formula is C7H12N2O. The third-order valence-electron chi connectivity index (χ3n) is 1.47. The summed E-state index contributed by atoms with van der Waals surface area (Å²) in [5.74, 6) is 0. The first-order valence-electron chi connectivity index (χ1n) is 3.32. The van der Waals surface area contributed by atoms with Crippen molar-refractivity contribution in [3.63, 3.8) is 0 Å². The van der Waals surface area contributed by atoms with E-state index in [1.807, 2.05) is 0 Å². The standard InChI is InChI=1S/C7H12N2O/c1-9-4-6-5-10-3-2-7(6)8/h4H,2-3,5,8H2,1H3. The molecule has 0 fully saturated rings. The number of nitrogens with two attached hydrogens (primary N) is 1. The normalized spacial score (nSPS) is 20.5. The Bertz CT molecular complexity index is 172. The van der Waals surface area contributed by atoms with Crippen LogP contribution in [0.5, 0.6) is 0 Å². The Kier molecular flexibility index (Phi) is 2.45. The molecule has 0 amide bonds. The fourth-order valence-electron chi connectivity index (χ4n) is 0.894. The topological polar surface area (TPSA) is 47.6 Å². The third-order valence-corrected chi connectivity index (χ3v) is 1.47. The molecule has 0 saturated heterocycles. The first-order chi connectivity index (χ1) is 4.84. The van der Waals surface area contributed by atoms with Gasteiger partial charge in [-0.2, -0.15) is 0 Å². The van der Waals surface area contributed by atoms with E-state index in [1.54, 1.807) is 13.3 Å². The van der Waals surface area contributed by atoms with E-state index >= 15 is 0 Å². The van der Waals surface area contributed by atoms with Crippen molar-refractivity contribution in [2.75, 3.05) is 20.3 Å². The number of nitrogens with zero attached hydrogens (tertiary/aromatic N) is 1. The zero-order valence-corrected chi connectivity index (χ0v) is 6.13. The van der Waals surface area contributed by atoms with Crippen molar-refractivity contribution < 1.29 is 4.74 Å². The first-order valence-corrected chi connectivity index (χ1v) is 3.32. The molecule has 3 nitrogen and oxygen atoms in total. The van der Waals surface area contributed by atoms with E-state index in [1.165, 1.54) is 0 Å². The average molecular weight is 140 g/mol. The van der Waals surface area contributed by atoms with Crippen LogP contribution in [0.2, 0.25) is 0 Å². The zero-order valence-electron chi connectivity index (χ0n) is 6.13. The van der Waals surface area contributed by atoms with Gasteiger partial charge >= 0.3 is 0 Å². The Balaban J connectivity index is 2.68. The Morgan fingerprint density at radius 2 is 2.50 bits per heavy atom. The smallest absolute Gasteiger partial charge is 0.0748 e. The molecule has 0 bridgehead atoms. The minimum Gasteiger partial charge on any atom is -0.402 e. The van der Waals surface area contributed by atoms with Gasteiger partial charge in [-0.05, 0) is 0 Å². The van der Waals surface area contributed by atoms with Crippen LogP contribution in [0.15, 0.2) is 16.3 Å². The second-order valence-corrected chi connectivity index (χ2v) is 2.24. The second kappa shape index (κ2) is 3.37. The van der Waals surface area contributed by atoms with Crippen molar-refractivity contribution in [2.24, 2.45) is 10.7 Å². The quantitative estimate of drug-likeness (QED) is 0.533. The lowest BCUT2D eigenvalue weighted by molar-refractivity contribution is 0.150. The predicted octanol–water partition coefficient (Wildman–Crippen LogP) is 0.320. The minimum absolute atomic E-state index is 0.614. The molecule has 0 aromatic carbocycles. The maximum absolute atomic E-state index is 5.67. The molecule has 1 aliphatic heterocycles. The highest BCUT2D eigenvalue weighted by Crippen LogP contribution is 2.08. The van der Waals surface area contributed by atoms with Gasteiger partial charge in [-0.1, -0.05) is 0 Å². The molecule has 2 N–H and O–H groups in total. The maximum atomic E-state index is 5.67. The van der Waals surface area contributed by atoms with Gasteiger partial charge in [0, 0.05) is 31.0 Å². The van der Waals surface area contributed by atoms with Crippen molar-refractivity contribution in [3.8, 4) is 0 Å². The first kappa shape index (κ1) is 7.28. The largest absolute Gasteiger partial charge is 0.402 e. The van der Waals surface area contributed by atoms with Crippen molar-refractivity contribution in [1.29, 1.82) is 0 Å². The molecule has 0 spiro atoms. The molecule has 0 atom stereocenters. The lowest BCUT2D eigenvalue weighted by Crippen LogP contribution is -2.17. The van der Waals surface area contributed by atoms with E-state index in [0.717, 1.165) is 24.3 Å². The molecule has 0 aromatic heterocycles. The van der Waals surface area contributed by atoms with E-state index < -0.39 is 0 Å². The SMILES string of the molecule is CN=CC1=C(N)CCOC1. The van der Waals surface area contributed by atoms with Crippen LogP contribution in [0.1, 0.15) is 6.42 Å². The molecule has 56 valence electrons.